The van der Waals surface area contributed by atoms with Crippen molar-refractivity contribution >= 4 is 48.5 Å². The zero-order valence-electron chi connectivity index (χ0n) is 16.5. The Morgan fingerprint density at radius 2 is 1.45 bits per heavy atom. The summed E-state index contributed by atoms with van der Waals surface area (Å²) < 4.78 is 74.9. The number of pyridine rings is 1. The average Bonchev–Trinajstić information content (AvgIpc) is 2.74. The highest BCUT2D eigenvalue weighted by Gasteiger charge is 2.33. The molecule has 2 aromatic carbocycles. The largest absolute Gasteiger partial charge is 0.417 e. The molecule has 0 amide bonds. The van der Waals surface area contributed by atoms with Gasteiger partial charge in [0.05, 0.1) is 29.9 Å². The maximum Gasteiger partial charge on any atom is 0.417 e. The van der Waals surface area contributed by atoms with E-state index in [-0.39, 0.29) is 24.3 Å². The number of fused-ring (bicyclic) bond motifs is 1. The number of aliphatic hydroxyl groups excluding tert-OH is 3. The Balaban J connectivity index is 0.000000272. The normalized spacial score (nSPS) is 11.5. The van der Waals surface area contributed by atoms with E-state index in [0.29, 0.717) is 14.5 Å². The van der Waals surface area contributed by atoms with Crippen molar-refractivity contribution < 1.29 is 41.7 Å². The van der Waals surface area contributed by atoms with E-state index < -0.39 is 29.6 Å². The first kappa shape index (κ1) is 29.1. The number of nitrogens with zero attached hydrogens (tertiary/aromatic N) is 1. The Bertz CT molecular complexity index is 1040. The summed E-state index contributed by atoms with van der Waals surface area (Å²) in [7, 11) is 0. The monoisotopic (exact) mass is 606 g/mol. The van der Waals surface area contributed by atoms with Gasteiger partial charge in [0.1, 0.15) is 6.10 Å². The van der Waals surface area contributed by atoms with Crippen LogP contribution in [0.5, 0.6) is 0 Å². The van der Waals surface area contributed by atoms with Gasteiger partial charge in [-0.25, -0.2) is 0 Å². The summed E-state index contributed by atoms with van der Waals surface area (Å²) in [5, 5.41) is 24.1. The molecule has 0 atom stereocenters. The molecule has 0 spiro atoms. The summed E-state index contributed by atoms with van der Waals surface area (Å²) in [6, 6.07) is 8.45. The van der Waals surface area contributed by atoms with E-state index in [1.165, 1.54) is 30.5 Å². The predicted octanol–water partition coefficient (Wildman–Crippen LogP) is 5.40. The molecule has 182 valence electrons. The molecule has 5 nitrogen and oxygen atoms in total. The summed E-state index contributed by atoms with van der Waals surface area (Å²) in [5.74, 6) is 0. The number of anilines is 1. The second kappa shape index (κ2) is 12.5. The highest BCUT2D eigenvalue weighted by molar-refractivity contribution is 9.11. The number of benzene rings is 2. The van der Waals surface area contributed by atoms with Crippen LogP contribution in [0.2, 0.25) is 0 Å². The SMILES string of the molecule is FC(F)(F)c1ccc(Br)c2ncccc12.Nc1cc(C(F)(F)F)ccc1Br.OCC(O)CO. The molecule has 13 heteroatoms. The van der Waals surface area contributed by atoms with Crippen molar-refractivity contribution in [2.24, 2.45) is 0 Å². The number of hydrogen-bond donors (Lipinski definition) is 4. The van der Waals surface area contributed by atoms with Crippen LogP contribution in [0.3, 0.4) is 0 Å². The van der Waals surface area contributed by atoms with Crippen LogP contribution in [0.15, 0.2) is 57.6 Å². The summed E-state index contributed by atoms with van der Waals surface area (Å²) >= 11 is 6.17. The first-order chi connectivity index (χ1) is 15.2. The van der Waals surface area contributed by atoms with Crippen LogP contribution in [0.4, 0.5) is 32.0 Å². The second-order valence-corrected chi connectivity index (χ2v) is 7.95. The van der Waals surface area contributed by atoms with Gasteiger partial charge in [0, 0.05) is 26.2 Å². The van der Waals surface area contributed by atoms with Gasteiger partial charge in [-0.05, 0) is 68.3 Å². The number of nitrogens with two attached hydrogens (primary N) is 1. The van der Waals surface area contributed by atoms with Gasteiger partial charge in [0.25, 0.3) is 0 Å². The van der Waals surface area contributed by atoms with Gasteiger partial charge in [-0.1, -0.05) is 6.07 Å². The molecular formula is C20H18Br2F6N2O3. The fourth-order valence-corrected chi connectivity index (χ4v) is 2.86. The first-order valence-electron chi connectivity index (χ1n) is 8.84. The van der Waals surface area contributed by atoms with Gasteiger partial charge in [-0.3, -0.25) is 4.98 Å². The minimum atomic E-state index is -4.35. The number of aliphatic hydroxyl groups is 3. The van der Waals surface area contributed by atoms with E-state index in [1.807, 2.05) is 0 Å². The van der Waals surface area contributed by atoms with Gasteiger partial charge in [0.15, 0.2) is 0 Å². The minimum Gasteiger partial charge on any atom is -0.398 e. The number of alkyl halides is 6. The summed E-state index contributed by atoms with van der Waals surface area (Å²) in [5.41, 5.74) is 4.29. The van der Waals surface area contributed by atoms with E-state index in [2.05, 4.69) is 36.8 Å². The van der Waals surface area contributed by atoms with E-state index in [9.17, 15) is 26.3 Å². The molecule has 0 aliphatic carbocycles. The maximum atomic E-state index is 12.6. The van der Waals surface area contributed by atoms with Crippen molar-refractivity contribution in [3.63, 3.8) is 0 Å². The van der Waals surface area contributed by atoms with Crippen molar-refractivity contribution in [3.05, 3.63) is 68.7 Å². The highest BCUT2D eigenvalue weighted by Crippen LogP contribution is 2.36. The molecule has 0 radical (unpaired) electrons. The van der Waals surface area contributed by atoms with Gasteiger partial charge in [0.2, 0.25) is 0 Å². The van der Waals surface area contributed by atoms with Crippen molar-refractivity contribution in [1.82, 2.24) is 4.98 Å². The summed E-state index contributed by atoms with van der Waals surface area (Å²) in [6.45, 7) is -0.729. The quantitative estimate of drug-likeness (QED) is 0.231. The lowest BCUT2D eigenvalue weighted by atomic mass is 10.1. The van der Waals surface area contributed by atoms with Crippen LogP contribution < -0.4 is 5.73 Å². The highest BCUT2D eigenvalue weighted by atomic mass is 79.9. The lowest BCUT2D eigenvalue weighted by Crippen LogP contribution is -2.15. The molecule has 0 fully saturated rings. The number of nitrogen functional groups attached to an aromatic ring is 1. The number of rotatable bonds is 2. The zero-order valence-corrected chi connectivity index (χ0v) is 19.7. The fraction of sp³-hybridized carbons (Fsp3) is 0.250. The Morgan fingerprint density at radius 3 is 1.91 bits per heavy atom. The molecule has 0 saturated carbocycles. The van der Waals surface area contributed by atoms with E-state index in [0.717, 1.165) is 18.2 Å². The maximum absolute atomic E-state index is 12.6. The van der Waals surface area contributed by atoms with Gasteiger partial charge < -0.3 is 21.1 Å². The van der Waals surface area contributed by atoms with Crippen LogP contribution in [0.25, 0.3) is 10.9 Å². The van der Waals surface area contributed by atoms with Crippen molar-refractivity contribution in [2.45, 2.75) is 18.5 Å². The van der Waals surface area contributed by atoms with Gasteiger partial charge >= 0.3 is 12.4 Å². The molecule has 0 aliphatic heterocycles. The molecule has 0 aliphatic rings. The molecular weight excluding hydrogens is 590 g/mol. The van der Waals surface area contributed by atoms with Crippen LogP contribution >= 0.6 is 31.9 Å². The van der Waals surface area contributed by atoms with Crippen LogP contribution in [0.1, 0.15) is 11.1 Å². The number of halogens is 8. The Morgan fingerprint density at radius 1 is 0.879 bits per heavy atom. The van der Waals surface area contributed by atoms with Gasteiger partial charge in [-0.15, -0.1) is 0 Å². The molecule has 3 rings (SSSR count). The molecule has 0 saturated heterocycles. The molecule has 0 unspecified atom stereocenters. The average molecular weight is 608 g/mol. The fourth-order valence-electron chi connectivity index (χ4n) is 2.16. The third kappa shape index (κ3) is 9.08. The Labute approximate surface area is 201 Å². The summed E-state index contributed by atoms with van der Waals surface area (Å²) in [4.78, 5) is 3.91. The molecule has 1 heterocycles. The lowest BCUT2D eigenvalue weighted by Gasteiger charge is -2.10. The van der Waals surface area contributed by atoms with Crippen molar-refractivity contribution in [1.29, 1.82) is 0 Å². The standard InChI is InChI=1S/C10H5BrF3N.C7H5BrF3N.C3H8O3/c11-8-4-3-7(10(12,13)14)6-2-1-5-15-9(6)8;8-5-2-1-4(3-6(5)12)7(9,10)11;4-1-3(6)2-5/h1-5H;1-3H,12H2;3-6H,1-2H2. The molecule has 5 N–H and O–H groups in total. The predicted molar refractivity (Wildman–Crippen MR) is 118 cm³/mol. The third-order valence-corrected chi connectivity index (χ3v) is 5.13. The van der Waals surface area contributed by atoms with E-state index >= 15 is 0 Å². The Kier molecular flexibility index (Phi) is 11.0. The number of hydrogen-bond acceptors (Lipinski definition) is 5. The van der Waals surface area contributed by atoms with Crippen LogP contribution in [-0.2, 0) is 12.4 Å². The smallest absolute Gasteiger partial charge is 0.398 e. The van der Waals surface area contributed by atoms with Crippen LogP contribution in [-0.4, -0.2) is 39.6 Å². The number of aromatic nitrogens is 1. The molecule has 3 aromatic rings. The van der Waals surface area contributed by atoms with Gasteiger partial charge in [-0.2, -0.15) is 26.3 Å². The first-order valence-corrected chi connectivity index (χ1v) is 10.4. The molecule has 1 aromatic heterocycles. The lowest BCUT2D eigenvalue weighted by molar-refractivity contribution is -0.138. The van der Waals surface area contributed by atoms with Crippen molar-refractivity contribution in [2.75, 3.05) is 18.9 Å². The molecule has 0 bridgehead atoms. The zero-order chi connectivity index (χ0) is 25.4. The molecule has 33 heavy (non-hydrogen) atoms. The topological polar surface area (TPSA) is 99.6 Å². The minimum absolute atomic E-state index is 0.0878. The van der Waals surface area contributed by atoms with E-state index in [1.54, 1.807) is 0 Å². The van der Waals surface area contributed by atoms with E-state index in [4.69, 9.17) is 21.1 Å². The van der Waals surface area contributed by atoms with Crippen molar-refractivity contribution in [3.8, 4) is 0 Å². The Hall–Kier alpha value is -1.93. The third-order valence-electron chi connectivity index (χ3n) is 3.77. The van der Waals surface area contributed by atoms with Crippen LogP contribution in [0, 0.1) is 0 Å². The summed E-state index contributed by atoms with van der Waals surface area (Å²) in [6.07, 6.45) is -8.16. The second-order valence-electron chi connectivity index (χ2n) is 6.25.